The summed E-state index contributed by atoms with van der Waals surface area (Å²) in [5, 5.41) is 2.68. The fourth-order valence-electron chi connectivity index (χ4n) is 2.40. The predicted octanol–water partition coefficient (Wildman–Crippen LogP) is 1.89. The van der Waals surface area contributed by atoms with Crippen LogP contribution in [0.2, 0.25) is 0 Å². The van der Waals surface area contributed by atoms with E-state index in [9.17, 15) is 9.59 Å². The van der Waals surface area contributed by atoms with Crippen molar-refractivity contribution < 1.29 is 9.59 Å². The van der Waals surface area contributed by atoms with E-state index >= 15 is 0 Å². The van der Waals surface area contributed by atoms with Gasteiger partial charge in [0.25, 0.3) is 5.91 Å². The molecule has 0 radical (unpaired) electrons. The highest BCUT2D eigenvalue weighted by atomic mass is 127. The fraction of sp³-hybridized carbons (Fsp3) is 0.429. The van der Waals surface area contributed by atoms with Crippen molar-refractivity contribution >= 4 is 34.4 Å². The largest absolute Gasteiger partial charge is 0.359 e. The molecule has 1 aromatic rings. The van der Waals surface area contributed by atoms with Gasteiger partial charge < -0.3 is 10.2 Å². The molecule has 5 heteroatoms. The molecule has 0 spiro atoms. The number of rotatable bonds is 2. The lowest BCUT2D eigenvalue weighted by Crippen LogP contribution is -2.40. The number of hydrogen-bond acceptors (Lipinski definition) is 2. The minimum absolute atomic E-state index is 0.00373. The Bertz CT molecular complexity index is 501. The second kappa shape index (κ2) is 5.48. The monoisotopic (exact) mass is 372 g/mol. The Labute approximate surface area is 126 Å². The van der Waals surface area contributed by atoms with Crippen LogP contribution in [0.4, 0.5) is 0 Å². The van der Waals surface area contributed by atoms with Crippen LogP contribution < -0.4 is 5.32 Å². The van der Waals surface area contributed by atoms with Gasteiger partial charge in [-0.3, -0.25) is 9.59 Å². The van der Waals surface area contributed by atoms with Gasteiger partial charge in [-0.2, -0.15) is 0 Å². The van der Waals surface area contributed by atoms with E-state index in [1.54, 1.807) is 11.9 Å². The highest BCUT2D eigenvalue weighted by molar-refractivity contribution is 14.1. The molecule has 1 heterocycles. The van der Waals surface area contributed by atoms with Crippen LogP contribution in [0.1, 0.15) is 23.7 Å². The number of carbonyl (C=O) groups excluding carboxylic acids is 2. The lowest BCUT2D eigenvalue weighted by molar-refractivity contribution is -0.128. The van der Waals surface area contributed by atoms with Gasteiger partial charge in [0.05, 0.1) is 5.41 Å². The lowest BCUT2D eigenvalue weighted by atomic mass is 9.89. The number of hydrogen-bond donors (Lipinski definition) is 1. The molecule has 1 atom stereocenters. The quantitative estimate of drug-likeness (QED) is 0.807. The van der Waals surface area contributed by atoms with Crippen LogP contribution in [0.5, 0.6) is 0 Å². The van der Waals surface area contributed by atoms with Gasteiger partial charge >= 0.3 is 0 Å². The molecule has 2 amide bonds. The van der Waals surface area contributed by atoms with Crippen molar-refractivity contribution in [1.29, 1.82) is 0 Å². The van der Waals surface area contributed by atoms with Crippen LogP contribution in [0, 0.1) is 8.99 Å². The molecule has 4 nitrogen and oxygen atoms in total. The van der Waals surface area contributed by atoms with Crippen molar-refractivity contribution in [3.8, 4) is 0 Å². The topological polar surface area (TPSA) is 49.4 Å². The average molecular weight is 372 g/mol. The first-order valence-electron chi connectivity index (χ1n) is 6.23. The number of carbonyl (C=O) groups is 2. The van der Waals surface area contributed by atoms with Crippen LogP contribution in [0.3, 0.4) is 0 Å². The summed E-state index contributed by atoms with van der Waals surface area (Å²) in [6.07, 6.45) is 0.711. The van der Waals surface area contributed by atoms with Crippen molar-refractivity contribution in [3.63, 3.8) is 0 Å². The molecule has 102 valence electrons. The molecular formula is C14H17IN2O2. The number of nitrogens with one attached hydrogen (secondary N) is 1. The zero-order valence-corrected chi connectivity index (χ0v) is 13.2. The first-order valence-corrected chi connectivity index (χ1v) is 7.31. The molecule has 1 aliphatic heterocycles. The molecule has 1 N–H and O–H groups in total. The molecule has 19 heavy (non-hydrogen) atoms. The van der Waals surface area contributed by atoms with E-state index in [1.807, 2.05) is 31.2 Å². The first kappa shape index (κ1) is 14.3. The summed E-state index contributed by atoms with van der Waals surface area (Å²) in [4.78, 5) is 25.9. The van der Waals surface area contributed by atoms with Crippen molar-refractivity contribution in [1.82, 2.24) is 10.2 Å². The average Bonchev–Trinajstić information content (AvgIpc) is 2.82. The molecule has 2 rings (SSSR count). The first-order chi connectivity index (χ1) is 8.96. The maximum Gasteiger partial charge on any atom is 0.253 e. The van der Waals surface area contributed by atoms with Crippen molar-refractivity contribution in [2.24, 2.45) is 5.41 Å². The van der Waals surface area contributed by atoms with Gasteiger partial charge in [0.1, 0.15) is 0 Å². The van der Waals surface area contributed by atoms with E-state index in [1.165, 1.54) is 0 Å². The lowest BCUT2D eigenvalue weighted by Gasteiger charge is -2.22. The van der Waals surface area contributed by atoms with Gasteiger partial charge in [-0.25, -0.2) is 0 Å². The van der Waals surface area contributed by atoms with E-state index in [-0.39, 0.29) is 11.8 Å². The van der Waals surface area contributed by atoms with E-state index in [0.29, 0.717) is 25.1 Å². The van der Waals surface area contributed by atoms with Crippen LogP contribution in [-0.4, -0.2) is 36.9 Å². The molecule has 1 saturated heterocycles. The standard InChI is InChI=1S/C14H17IN2O2/c1-14(13(19)16-2)7-8-17(9-14)12(18)10-3-5-11(15)6-4-10/h3-6H,7-9H2,1-2H3,(H,16,19). The highest BCUT2D eigenvalue weighted by Crippen LogP contribution is 2.31. The van der Waals surface area contributed by atoms with E-state index in [4.69, 9.17) is 0 Å². The minimum atomic E-state index is -0.465. The van der Waals surface area contributed by atoms with Gasteiger partial charge in [-0.15, -0.1) is 0 Å². The third-order valence-electron chi connectivity index (χ3n) is 3.63. The summed E-state index contributed by atoms with van der Waals surface area (Å²) in [5.74, 6) is 0.00874. The smallest absolute Gasteiger partial charge is 0.253 e. The summed E-state index contributed by atoms with van der Waals surface area (Å²) in [7, 11) is 1.64. The third kappa shape index (κ3) is 2.91. The Morgan fingerprint density at radius 2 is 1.95 bits per heavy atom. The molecule has 0 aromatic heterocycles. The minimum Gasteiger partial charge on any atom is -0.359 e. The number of benzene rings is 1. The Kier molecular flexibility index (Phi) is 4.13. The van der Waals surface area contributed by atoms with Crippen molar-refractivity contribution in [2.75, 3.05) is 20.1 Å². The van der Waals surface area contributed by atoms with Crippen LogP contribution in [-0.2, 0) is 4.79 Å². The fourth-order valence-corrected chi connectivity index (χ4v) is 2.76. The Hall–Kier alpha value is -1.11. The van der Waals surface area contributed by atoms with Crippen molar-refractivity contribution in [2.45, 2.75) is 13.3 Å². The summed E-state index contributed by atoms with van der Waals surface area (Å²) < 4.78 is 1.10. The van der Waals surface area contributed by atoms with Gasteiger partial charge in [-0.05, 0) is 60.2 Å². The number of nitrogens with zero attached hydrogens (tertiary/aromatic N) is 1. The third-order valence-corrected chi connectivity index (χ3v) is 4.35. The molecule has 1 unspecified atom stereocenters. The number of halogens is 1. The van der Waals surface area contributed by atoms with Crippen LogP contribution in [0.15, 0.2) is 24.3 Å². The molecule has 1 aliphatic rings. The van der Waals surface area contributed by atoms with E-state index in [0.717, 1.165) is 3.57 Å². The summed E-state index contributed by atoms with van der Waals surface area (Å²) in [5.41, 5.74) is 0.217. The van der Waals surface area contributed by atoms with E-state index < -0.39 is 5.41 Å². The zero-order chi connectivity index (χ0) is 14.0. The second-order valence-electron chi connectivity index (χ2n) is 5.12. The maximum atomic E-state index is 12.3. The summed E-state index contributed by atoms with van der Waals surface area (Å²) in [6, 6.07) is 7.50. The molecular weight excluding hydrogens is 355 g/mol. The normalized spacial score (nSPS) is 22.4. The van der Waals surface area contributed by atoms with Gasteiger partial charge in [0, 0.05) is 29.3 Å². The zero-order valence-electron chi connectivity index (χ0n) is 11.1. The molecule has 0 saturated carbocycles. The van der Waals surface area contributed by atoms with Gasteiger partial charge in [-0.1, -0.05) is 0 Å². The van der Waals surface area contributed by atoms with Crippen LogP contribution >= 0.6 is 22.6 Å². The highest BCUT2D eigenvalue weighted by Gasteiger charge is 2.41. The van der Waals surface area contributed by atoms with Crippen LogP contribution in [0.25, 0.3) is 0 Å². The number of amides is 2. The summed E-state index contributed by atoms with van der Waals surface area (Å²) >= 11 is 2.21. The molecule has 0 aliphatic carbocycles. The Balaban J connectivity index is 2.11. The molecule has 1 fully saturated rings. The Morgan fingerprint density at radius 3 is 2.53 bits per heavy atom. The van der Waals surface area contributed by atoms with Gasteiger partial charge in [0.2, 0.25) is 5.91 Å². The second-order valence-corrected chi connectivity index (χ2v) is 6.37. The van der Waals surface area contributed by atoms with Gasteiger partial charge in [0.15, 0.2) is 0 Å². The number of likely N-dealkylation sites (tertiary alicyclic amines) is 1. The summed E-state index contributed by atoms with van der Waals surface area (Å²) in [6.45, 7) is 3.03. The predicted molar refractivity (Wildman–Crippen MR) is 81.9 cm³/mol. The Morgan fingerprint density at radius 1 is 1.32 bits per heavy atom. The van der Waals surface area contributed by atoms with Crippen molar-refractivity contribution in [3.05, 3.63) is 33.4 Å². The molecule has 1 aromatic carbocycles. The maximum absolute atomic E-state index is 12.3. The molecule has 0 bridgehead atoms. The van der Waals surface area contributed by atoms with E-state index in [2.05, 4.69) is 27.9 Å². The SMILES string of the molecule is CNC(=O)C1(C)CCN(C(=O)c2ccc(I)cc2)C1.